The molecule has 0 saturated carbocycles. The Bertz CT molecular complexity index is 2110. The highest BCUT2D eigenvalue weighted by Gasteiger charge is 2.38. The Morgan fingerprint density at radius 3 is 1.80 bits per heavy atom. The van der Waals surface area contributed by atoms with Gasteiger partial charge in [-0.2, -0.15) is 0 Å². The minimum atomic E-state index is -1.32. The van der Waals surface area contributed by atoms with Gasteiger partial charge in [-0.3, -0.25) is 9.63 Å². The molecule has 1 aliphatic rings. The van der Waals surface area contributed by atoms with Gasteiger partial charge in [0.05, 0.1) is 13.3 Å². The summed E-state index contributed by atoms with van der Waals surface area (Å²) >= 11 is 1.26. The van der Waals surface area contributed by atoms with Crippen LogP contribution in [0.3, 0.4) is 0 Å². The van der Waals surface area contributed by atoms with Crippen LogP contribution in [0.4, 0.5) is 5.13 Å². The summed E-state index contributed by atoms with van der Waals surface area (Å²) in [7, 11) is 1.43. The van der Waals surface area contributed by atoms with Crippen molar-refractivity contribution in [2.24, 2.45) is 5.16 Å². The fourth-order valence-corrected chi connectivity index (χ4v) is 7.32. The number of rotatable bonds is 15. The highest BCUT2D eigenvalue weighted by atomic mass is 32.1. The predicted octanol–water partition coefficient (Wildman–Crippen LogP) is 8.20. The van der Waals surface area contributed by atoms with Crippen molar-refractivity contribution in [3.63, 3.8) is 0 Å². The molecule has 0 radical (unpaired) electrons. The van der Waals surface area contributed by atoms with E-state index in [0.717, 1.165) is 27.8 Å². The third-order valence-electron chi connectivity index (χ3n) is 9.24. The molecule has 0 saturated heterocycles. The van der Waals surface area contributed by atoms with Gasteiger partial charge in [-0.25, -0.2) is 14.8 Å². The van der Waals surface area contributed by atoms with E-state index >= 15 is 0 Å². The second-order valence-electron chi connectivity index (χ2n) is 12.7. The first-order valence-corrected chi connectivity index (χ1v) is 18.5. The number of carbonyl (C=O) groups is 2. The lowest BCUT2D eigenvalue weighted by Crippen LogP contribution is -2.41. The van der Waals surface area contributed by atoms with Gasteiger partial charge in [-0.1, -0.05) is 157 Å². The van der Waals surface area contributed by atoms with Gasteiger partial charge in [0, 0.05) is 11.8 Å². The lowest BCUT2D eigenvalue weighted by Gasteiger charge is -2.36. The van der Waals surface area contributed by atoms with E-state index in [-0.39, 0.29) is 36.0 Å². The van der Waals surface area contributed by atoms with E-state index in [0.29, 0.717) is 5.13 Å². The van der Waals surface area contributed by atoms with Crippen molar-refractivity contribution in [1.82, 2.24) is 10.0 Å². The van der Waals surface area contributed by atoms with Crippen molar-refractivity contribution in [1.29, 1.82) is 0 Å². The molecule has 1 aliphatic heterocycles. The summed E-state index contributed by atoms with van der Waals surface area (Å²) in [5.41, 5.74) is 3.58. The van der Waals surface area contributed by atoms with Crippen LogP contribution in [0.1, 0.15) is 46.0 Å². The van der Waals surface area contributed by atoms with E-state index in [1.807, 2.05) is 115 Å². The standard InChI is InChI=1S/C44H38N4O6S/c1-52-39-28-48(54-41(31-17-7-2-8-18-31)32-19-9-3-10-20-32)36(27-38(39)49)29-53-47-40(42(50)51)37-30-55-43(45-37)46-44(33-21-11-4-12-22-33,34-23-13-5-14-24-34)35-25-15-6-16-26-35/h2-26,28,30,36,41H,27,29H2,1H3,(H,45,46)(H,50,51). The van der Waals surface area contributed by atoms with E-state index < -0.39 is 23.7 Å². The number of hydrogen-bond acceptors (Lipinski definition) is 10. The largest absolute Gasteiger partial charge is 0.491 e. The first-order chi connectivity index (χ1) is 27.0. The summed E-state index contributed by atoms with van der Waals surface area (Å²) in [6, 6.07) is 48.9. The molecule has 6 aromatic rings. The third kappa shape index (κ3) is 8.18. The van der Waals surface area contributed by atoms with Crippen molar-refractivity contribution in [3.8, 4) is 0 Å². The molecular formula is C44H38N4O6S. The Morgan fingerprint density at radius 2 is 1.33 bits per heavy atom. The summed E-state index contributed by atoms with van der Waals surface area (Å²) in [6.45, 7) is -0.166. The maximum atomic E-state index is 13.0. The van der Waals surface area contributed by atoms with Crippen molar-refractivity contribution in [2.45, 2.75) is 24.1 Å². The highest BCUT2D eigenvalue weighted by Crippen LogP contribution is 2.40. The number of carboxylic acid groups (broad SMARTS) is 1. The van der Waals surface area contributed by atoms with Crippen LogP contribution in [0.15, 0.2) is 174 Å². The fourth-order valence-electron chi connectivity index (χ4n) is 6.57. The van der Waals surface area contributed by atoms with Crippen LogP contribution in [-0.4, -0.2) is 52.4 Å². The monoisotopic (exact) mass is 750 g/mol. The van der Waals surface area contributed by atoms with Gasteiger partial charge >= 0.3 is 5.97 Å². The molecule has 0 spiro atoms. The van der Waals surface area contributed by atoms with Crippen LogP contribution < -0.4 is 5.32 Å². The Hall–Kier alpha value is -6.56. The number of benzene rings is 5. The number of hydrogen-bond donors (Lipinski definition) is 2. The molecule has 1 atom stereocenters. The molecule has 7 rings (SSSR count). The number of thiazole rings is 1. The molecule has 2 heterocycles. The summed E-state index contributed by atoms with van der Waals surface area (Å²) in [4.78, 5) is 42.6. The van der Waals surface area contributed by atoms with Crippen LogP contribution in [0.2, 0.25) is 0 Å². The average Bonchev–Trinajstić information content (AvgIpc) is 3.70. The number of ether oxygens (including phenoxy) is 1. The molecule has 5 aromatic carbocycles. The van der Waals surface area contributed by atoms with E-state index in [1.54, 1.807) is 5.38 Å². The summed E-state index contributed by atoms with van der Waals surface area (Å²) < 4.78 is 5.36. The van der Waals surface area contributed by atoms with Gasteiger partial charge in [0.1, 0.15) is 30.0 Å². The number of nitrogens with one attached hydrogen (secondary N) is 1. The van der Waals surface area contributed by atoms with Crippen LogP contribution in [-0.2, 0) is 29.5 Å². The molecule has 11 heteroatoms. The summed E-state index contributed by atoms with van der Waals surface area (Å²) in [5.74, 6) is -1.44. The van der Waals surface area contributed by atoms with Gasteiger partial charge in [0.25, 0.3) is 0 Å². The zero-order valence-corrected chi connectivity index (χ0v) is 30.7. The number of allylic oxidation sites excluding steroid dienone is 1. The quantitative estimate of drug-likeness (QED) is 0.0608. The first-order valence-electron chi connectivity index (χ1n) is 17.6. The molecule has 276 valence electrons. The van der Waals surface area contributed by atoms with Crippen LogP contribution in [0.5, 0.6) is 0 Å². The maximum Gasteiger partial charge on any atom is 0.360 e. The smallest absolute Gasteiger partial charge is 0.360 e. The van der Waals surface area contributed by atoms with E-state index in [4.69, 9.17) is 19.4 Å². The molecule has 0 fully saturated rings. The molecule has 1 unspecified atom stereocenters. The van der Waals surface area contributed by atoms with Gasteiger partial charge in [-0.15, -0.1) is 11.3 Å². The number of nitrogens with zero attached hydrogens (tertiary/aromatic N) is 3. The molecule has 0 aliphatic carbocycles. The zero-order valence-electron chi connectivity index (χ0n) is 29.9. The number of carboxylic acids is 1. The Kier molecular flexibility index (Phi) is 11.4. The van der Waals surface area contributed by atoms with Gasteiger partial charge in [0.2, 0.25) is 11.5 Å². The zero-order chi connectivity index (χ0) is 38.0. The van der Waals surface area contributed by atoms with Crippen molar-refractivity contribution >= 4 is 33.9 Å². The Balaban J connectivity index is 1.16. The van der Waals surface area contributed by atoms with Crippen LogP contribution >= 0.6 is 11.3 Å². The second-order valence-corrected chi connectivity index (χ2v) is 13.6. The number of aromatic nitrogens is 1. The minimum Gasteiger partial charge on any atom is -0.491 e. The van der Waals surface area contributed by atoms with E-state index in [1.165, 1.54) is 29.7 Å². The molecule has 1 aromatic heterocycles. The SMILES string of the molecule is COC1=CN(OC(c2ccccc2)c2ccccc2)C(CON=C(C(=O)O)c2csc(NC(c3ccccc3)(c3ccccc3)c3ccccc3)n2)CC1=O. The molecule has 2 N–H and O–H groups in total. The number of hydroxylamine groups is 2. The van der Waals surface area contributed by atoms with E-state index in [2.05, 4.69) is 46.9 Å². The van der Waals surface area contributed by atoms with Crippen molar-refractivity contribution < 1.29 is 29.1 Å². The van der Waals surface area contributed by atoms with Crippen molar-refractivity contribution in [3.05, 3.63) is 203 Å². The predicted molar refractivity (Wildman–Crippen MR) is 211 cm³/mol. The normalized spacial score (nSPS) is 14.7. The number of aliphatic carboxylic acids is 1. The summed E-state index contributed by atoms with van der Waals surface area (Å²) in [5, 5.41) is 21.6. The minimum absolute atomic E-state index is 0.0147. The molecule has 55 heavy (non-hydrogen) atoms. The third-order valence-corrected chi connectivity index (χ3v) is 10.00. The molecule has 0 amide bonds. The van der Waals surface area contributed by atoms with Gasteiger partial charge < -0.3 is 20.0 Å². The Morgan fingerprint density at radius 1 is 0.836 bits per heavy atom. The summed E-state index contributed by atoms with van der Waals surface area (Å²) in [6.07, 6.45) is 0.956. The average molecular weight is 751 g/mol. The van der Waals surface area contributed by atoms with Crippen LogP contribution in [0, 0.1) is 0 Å². The number of methoxy groups -OCH3 is 1. The molecule has 0 bridgehead atoms. The Labute approximate surface area is 322 Å². The van der Waals surface area contributed by atoms with Crippen LogP contribution in [0.25, 0.3) is 0 Å². The fraction of sp³-hybridized carbons (Fsp3) is 0.136. The first kappa shape index (κ1) is 36.8. The second kappa shape index (κ2) is 17.1. The lowest BCUT2D eigenvalue weighted by molar-refractivity contribution is -0.196. The van der Waals surface area contributed by atoms with E-state index in [9.17, 15) is 14.7 Å². The van der Waals surface area contributed by atoms with Crippen molar-refractivity contribution in [2.75, 3.05) is 19.0 Å². The van der Waals surface area contributed by atoms with Gasteiger partial charge in [-0.05, 0) is 27.8 Å². The maximum absolute atomic E-state index is 13.0. The number of ketones is 1. The number of anilines is 1. The lowest BCUT2D eigenvalue weighted by atomic mass is 9.77. The molecular weight excluding hydrogens is 713 g/mol. The van der Waals surface area contributed by atoms with Gasteiger partial charge in [0.15, 0.2) is 10.9 Å². The number of carbonyl (C=O) groups excluding carboxylic acids is 1. The highest BCUT2D eigenvalue weighted by molar-refractivity contribution is 7.14. The number of oxime groups is 1. The molecule has 10 nitrogen and oxygen atoms in total. The topological polar surface area (TPSA) is 123 Å². The number of Topliss-reactive ketones (excluding diaryl/α,β-unsaturated/α-hetero) is 1.